The van der Waals surface area contributed by atoms with Gasteiger partial charge in [0, 0.05) is 0 Å². The van der Waals surface area contributed by atoms with E-state index in [0.29, 0.717) is 10.6 Å². The molecule has 0 bridgehead atoms. The second-order valence-electron chi connectivity index (χ2n) is 3.70. The van der Waals surface area contributed by atoms with Gasteiger partial charge in [0.1, 0.15) is 5.92 Å². The number of Topliss-reactive ketones (excluding diaryl/α,β-unsaturated/α-hetero) is 1. The van der Waals surface area contributed by atoms with Gasteiger partial charge in [-0.15, -0.1) is 0 Å². The molecule has 1 heterocycles. The first-order chi connectivity index (χ1) is 9.02. The molecule has 0 N–H and O–H groups in total. The number of hydrogen-bond donors (Lipinski definition) is 0. The lowest BCUT2D eigenvalue weighted by Gasteiger charge is -2.07. The van der Waals surface area contributed by atoms with Gasteiger partial charge in [0.15, 0.2) is 11.0 Å². The van der Waals surface area contributed by atoms with E-state index in [-0.39, 0.29) is 16.0 Å². The van der Waals surface area contributed by atoms with E-state index < -0.39 is 11.7 Å². The van der Waals surface area contributed by atoms with E-state index in [1.807, 2.05) is 6.07 Å². The molecule has 0 saturated carbocycles. The van der Waals surface area contributed by atoms with Gasteiger partial charge < -0.3 is 4.42 Å². The van der Waals surface area contributed by atoms with Gasteiger partial charge in [0.25, 0.3) is 0 Å². The van der Waals surface area contributed by atoms with Crippen LogP contribution < -0.4 is 0 Å². The molecule has 0 fully saturated rings. The fraction of sp³-hybridized carbons (Fsp3) is 0.0769. The van der Waals surface area contributed by atoms with Gasteiger partial charge in [-0.05, 0) is 41.4 Å². The van der Waals surface area contributed by atoms with E-state index in [2.05, 4.69) is 0 Å². The fourth-order valence-electron chi connectivity index (χ4n) is 1.57. The number of ketones is 1. The largest absolute Gasteiger partial charge is 0.442 e. The van der Waals surface area contributed by atoms with Crippen LogP contribution in [-0.4, -0.2) is 5.78 Å². The van der Waals surface area contributed by atoms with Gasteiger partial charge in [0.2, 0.25) is 5.78 Å². The Balaban J connectivity index is 2.37. The normalized spacial score (nSPS) is 11.9. The fourth-order valence-corrected chi connectivity index (χ4v) is 2.02. The van der Waals surface area contributed by atoms with Crippen LogP contribution in [0.5, 0.6) is 0 Å². The van der Waals surface area contributed by atoms with E-state index in [9.17, 15) is 4.79 Å². The molecule has 3 nitrogen and oxygen atoms in total. The Morgan fingerprint density at radius 1 is 1.16 bits per heavy atom. The Hall–Kier alpha value is -1.47. The average Bonchev–Trinajstić information content (AvgIpc) is 2.81. The lowest BCUT2D eigenvalue weighted by atomic mass is 9.95. The molecule has 0 radical (unpaired) electrons. The van der Waals surface area contributed by atoms with Crippen molar-refractivity contribution in [2.45, 2.75) is 5.92 Å². The molecule has 2 rings (SSSR count). The average molecular weight is 315 g/mol. The molecule has 2 aromatic rings. The van der Waals surface area contributed by atoms with Gasteiger partial charge in [0.05, 0.1) is 16.1 Å². The summed E-state index contributed by atoms with van der Waals surface area (Å²) in [5.74, 6) is -1.47. The maximum atomic E-state index is 12.1. The minimum Gasteiger partial charge on any atom is -0.442 e. The van der Waals surface area contributed by atoms with Crippen LogP contribution in [0.25, 0.3) is 0 Å². The zero-order valence-corrected chi connectivity index (χ0v) is 11.6. The maximum Gasteiger partial charge on any atom is 0.219 e. The van der Waals surface area contributed by atoms with Gasteiger partial charge in [-0.25, -0.2) is 0 Å². The smallest absolute Gasteiger partial charge is 0.219 e. The first kappa shape index (κ1) is 14.0. The number of rotatable bonds is 3. The number of carbonyl (C=O) groups excluding carboxylic acids is 1. The standard InChI is InChI=1S/C13H6Cl3NO2/c14-9-2-1-7(5-10(9)15)8(6-17)13(18)11-3-4-12(16)19-11/h1-5,8H. The number of nitriles is 1. The highest BCUT2D eigenvalue weighted by molar-refractivity contribution is 6.42. The Morgan fingerprint density at radius 3 is 2.42 bits per heavy atom. The topological polar surface area (TPSA) is 54.0 Å². The van der Waals surface area contributed by atoms with Crippen molar-refractivity contribution in [1.29, 1.82) is 5.26 Å². The summed E-state index contributed by atoms with van der Waals surface area (Å²) in [5.41, 5.74) is 0.453. The molecule has 0 spiro atoms. The molecule has 19 heavy (non-hydrogen) atoms. The van der Waals surface area contributed by atoms with Crippen LogP contribution in [0.1, 0.15) is 22.0 Å². The van der Waals surface area contributed by atoms with Gasteiger partial charge in [-0.2, -0.15) is 5.26 Å². The minimum atomic E-state index is -1.02. The predicted molar refractivity (Wildman–Crippen MR) is 72.9 cm³/mol. The molecule has 6 heteroatoms. The summed E-state index contributed by atoms with van der Waals surface area (Å²) in [5, 5.41) is 9.89. The summed E-state index contributed by atoms with van der Waals surface area (Å²) < 4.78 is 5.01. The summed E-state index contributed by atoms with van der Waals surface area (Å²) in [6, 6.07) is 9.38. The molecular weight excluding hydrogens is 309 g/mol. The second-order valence-corrected chi connectivity index (χ2v) is 4.89. The first-order valence-electron chi connectivity index (χ1n) is 5.17. The third-order valence-electron chi connectivity index (χ3n) is 2.48. The highest BCUT2D eigenvalue weighted by Gasteiger charge is 2.25. The van der Waals surface area contributed by atoms with Crippen molar-refractivity contribution in [1.82, 2.24) is 0 Å². The van der Waals surface area contributed by atoms with Gasteiger partial charge in [-0.1, -0.05) is 29.3 Å². The van der Waals surface area contributed by atoms with Crippen LogP contribution in [0.2, 0.25) is 15.3 Å². The summed E-state index contributed by atoms with van der Waals surface area (Å²) >= 11 is 17.3. The van der Waals surface area contributed by atoms with Crippen molar-refractivity contribution < 1.29 is 9.21 Å². The Morgan fingerprint density at radius 2 is 1.89 bits per heavy atom. The molecule has 0 aliphatic carbocycles. The quantitative estimate of drug-likeness (QED) is 0.770. The zero-order valence-electron chi connectivity index (χ0n) is 9.36. The molecule has 96 valence electrons. The van der Waals surface area contributed by atoms with Crippen LogP contribution >= 0.6 is 34.8 Å². The number of halogens is 3. The van der Waals surface area contributed by atoms with E-state index in [1.165, 1.54) is 24.3 Å². The number of carbonyl (C=O) groups is 1. The molecule has 1 aromatic heterocycles. The van der Waals surface area contributed by atoms with Gasteiger partial charge in [-0.3, -0.25) is 4.79 Å². The van der Waals surface area contributed by atoms with Crippen LogP contribution in [0.4, 0.5) is 0 Å². The van der Waals surface area contributed by atoms with Crippen molar-refractivity contribution in [2.24, 2.45) is 0 Å². The van der Waals surface area contributed by atoms with Crippen LogP contribution in [0.3, 0.4) is 0 Å². The molecule has 1 atom stereocenters. The van der Waals surface area contributed by atoms with Crippen molar-refractivity contribution in [3.05, 3.63) is 56.9 Å². The van der Waals surface area contributed by atoms with Crippen molar-refractivity contribution in [3.8, 4) is 6.07 Å². The van der Waals surface area contributed by atoms with Crippen molar-refractivity contribution in [3.63, 3.8) is 0 Å². The summed E-state index contributed by atoms with van der Waals surface area (Å²) in [4.78, 5) is 12.1. The SMILES string of the molecule is N#CC(C(=O)c1ccc(Cl)o1)c1ccc(Cl)c(Cl)c1. The number of hydrogen-bond acceptors (Lipinski definition) is 3. The zero-order chi connectivity index (χ0) is 14.0. The van der Waals surface area contributed by atoms with Crippen molar-refractivity contribution in [2.75, 3.05) is 0 Å². The van der Waals surface area contributed by atoms with E-state index in [4.69, 9.17) is 44.5 Å². The molecule has 1 unspecified atom stereocenters. The van der Waals surface area contributed by atoms with E-state index in [1.54, 1.807) is 6.07 Å². The molecular formula is C13H6Cl3NO2. The highest BCUT2D eigenvalue weighted by Crippen LogP contribution is 2.29. The van der Waals surface area contributed by atoms with E-state index in [0.717, 1.165) is 0 Å². The summed E-state index contributed by atoms with van der Waals surface area (Å²) in [7, 11) is 0. The van der Waals surface area contributed by atoms with E-state index >= 15 is 0 Å². The van der Waals surface area contributed by atoms with Crippen LogP contribution in [0, 0.1) is 11.3 Å². The van der Waals surface area contributed by atoms with Crippen LogP contribution in [0.15, 0.2) is 34.7 Å². The molecule has 1 aromatic carbocycles. The Labute approximate surface area is 124 Å². The molecule has 0 amide bonds. The monoisotopic (exact) mass is 313 g/mol. The Bertz CT molecular complexity index is 673. The molecule has 0 saturated heterocycles. The third kappa shape index (κ3) is 2.93. The minimum absolute atomic E-state index is 0.0302. The van der Waals surface area contributed by atoms with Crippen molar-refractivity contribution >= 4 is 40.6 Å². The molecule has 0 aliphatic rings. The lowest BCUT2D eigenvalue weighted by Crippen LogP contribution is -2.10. The Kier molecular flexibility index (Phi) is 4.16. The van der Waals surface area contributed by atoms with Gasteiger partial charge >= 0.3 is 0 Å². The summed E-state index contributed by atoms with van der Waals surface area (Å²) in [6.45, 7) is 0. The molecule has 0 aliphatic heterocycles. The maximum absolute atomic E-state index is 12.1. The highest BCUT2D eigenvalue weighted by atomic mass is 35.5. The number of benzene rings is 1. The predicted octanol–water partition coefficient (Wildman–Crippen LogP) is 4.73. The second kappa shape index (κ2) is 5.66. The van der Waals surface area contributed by atoms with Crippen LogP contribution in [-0.2, 0) is 0 Å². The summed E-state index contributed by atoms with van der Waals surface area (Å²) in [6.07, 6.45) is 0. The number of nitrogens with zero attached hydrogens (tertiary/aromatic N) is 1. The number of furan rings is 1. The first-order valence-corrected chi connectivity index (χ1v) is 6.30. The lowest BCUT2D eigenvalue weighted by molar-refractivity contribution is 0.0952. The third-order valence-corrected chi connectivity index (χ3v) is 3.43.